The van der Waals surface area contributed by atoms with Gasteiger partial charge in [0.15, 0.2) is 9.84 Å². The first-order valence-electron chi connectivity index (χ1n) is 6.60. The summed E-state index contributed by atoms with van der Waals surface area (Å²) in [4.78, 5) is 11.9. The molecule has 0 fully saturated rings. The van der Waals surface area contributed by atoms with Gasteiger partial charge in [-0.2, -0.15) is 0 Å². The molecule has 0 saturated carbocycles. The van der Waals surface area contributed by atoms with Gasteiger partial charge in [-0.15, -0.1) is 0 Å². The molecular formula is C14H22N2O3S. The first-order valence-corrected chi connectivity index (χ1v) is 8.49. The molecule has 1 aromatic carbocycles. The van der Waals surface area contributed by atoms with Gasteiger partial charge in [0.05, 0.1) is 4.90 Å². The van der Waals surface area contributed by atoms with E-state index in [9.17, 15) is 13.2 Å². The van der Waals surface area contributed by atoms with Gasteiger partial charge in [0, 0.05) is 25.3 Å². The van der Waals surface area contributed by atoms with Gasteiger partial charge in [0.2, 0.25) is 5.91 Å². The number of sulfone groups is 1. The van der Waals surface area contributed by atoms with Gasteiger partial charge >= 0.3 is 0 Å². The third-order valence-corrected chi connectivity index (χ3v) is 4.03. The maximum absolute atomic E-state index is 11.6. The van der Waals surface area contributed by atoms with Crippen LogP contribution >= 0.6 is 0 Å². The molecule has 0 heterocycles. The number of carbonyl (C=O) groups is 1. The summed E-state index contributed by atoms with van der Waals surface area (Å²) in [5.74, 6) is -0.0159. The minimum atomic E-state index is -3.17. The molecule has 0 spiro atoms. The van der Waals surface area contributed by atoms with Crippen molar-refractivity contribution in [2.75, 3.05) is 6.26 Å². The predicted octanol–water partition coefficient (Wildman–Crippen LogP) is 1.22. The molecule has 5 nitrogen and oxygen atoms in total. The van der Waals surface area contributed by atoms with Crippen LogP contribution in [0.5, 0.6) is 0 Å². The Hall–Kier alpha value is -1.40. The van der Waals surface area contributed by atoms with E-state index in [1.54, 1.807) is 24.3 Å². The lowest BCUT2D eigenvalue weighted by Gasteiger charge is -2.07. The van der Waals surface area contributed by atoms with Crippen molar-refractivity contribution in [2.45, 2.75) is 43.7 Å². The fourth-order valence-corrected chi connectivity index (χ4v) is 2.36. The Morgan fingerprint density at radius 1 is 1.30 bits per heavy atom. The number of hydrogen-bond donors (Lipinski definition) is 2. The van der Waals surface area contributed by atoms with Gasteiger partial charge in [0.25, 0.3) is 0 Å². The van der Waals surface area contributed by atoms with E-state index >= 15 is 0 Å². The number of amides is 1. The van der Waals surface area contributed by atoms with Crippen LogP contribution in [0.2, 0.25) is 0 Å². The minimum absolute atomic E-state index is 0.0159. The topological polar surface area (TPSA) is 89.3 Å². The molecule has 0 aromatic heterocycles. The van der Waals surface area contributed by atoms with Crippen molar-refractivity contribution in [1.29, 1.82) is 0 Å². The van der Waals surface area contributed by atoms with Crippen molar-refractivity contribution in [3.63, 3.8) is 0 Å². The predicted molar refractivity (Wildman–Crippen MR) is 78.9 cm³/mol. The molecule has 0 aliphatic heterocycles. The highest BCUT2D eigenvalue weighted by atomic mass is 32.2. The molecule has 1 atom stereocenters. The molecule has 0 bridgehead atoms. The lowest BCUT2D eigenvalue weighted by molar-refractivity contribution is -0.121. The van der Waals surface area contributed by atoms with Gasteiger partial charge < -0.3 is 11.1 Å². The lowest BCUT2D eigenvalue weighted by Crippen LogP contribution is -2.23. The second-order valence-corrected chi connectivity index (χ2v) is 7.08. The summed E-state index contributed by atoms with van der Waals surface area (Å²) < 4.78 is 22.6. The summed E-state index contributed by atoms with van der Waals surface area (Å²) in [7, 11) is -3.17. The zero-order valence-corrected chi connectivity index (χ0v) is 12.7. The van der Waals surface area contributed by atoms with Crippen LogP contribution in [0.15, 0.2) is 29.2 Å². The summed E-state index contributed by atoms with van der Waals surface area (Å²) in [6, 6.07) is 6.63. The molecule has 1 amide bonds. The minimum Gasteiger partial charge on any atom is -0.352 e. The standard InChI is InChI=1S/C14H22N2O3S/c1-11(15)4-3-5-14(17)16-10-12-6-8-13(9-7-12)20(2,18)19/h6-9,11H,3-5,10,15H2,1-2H3,(H,16,17). The summed E-state index contributed by atoms with van der Waals surface area (Å²) in [6.07, 6.45) is 3.23. The average Bonchev–Trinajstić information content (AvgIpc) is 2.35. The molecule has 1 aromatic rings. The van der Waals surface area contributed by atoms with Crippen LogP contribution < -0.4 is 11.1 Å². The third-order valence-electron chi connectivity index (χ3n) is 2.90. The maximum atomic E-state index is 11.6. The van der Waals surface area contributed by atoms with Crippen molar-refractivity contribution in [2.24, 2.45) is 5.73 Å². The number of benzene rings is 1. The first kappa shape index (κ1) is 16.7. The summed E-state index contributed by atoms with van der Waals surface area (Å²) in [5, 5.41) is 2.80. The molecule has 0 saturated heterocycles. The van der Waals surface area contributed by atoms with Crippen molar-refractivity contribution in [1.82, 2.24) is 5.32 Å². The van der Waals surface area contributed by atoms with Crippen LogP contribution in [0.1, 0.15) is 31.7 Å². The maximum Gasteiger partial charge on any atom is 0.220 e. The molecular weight excluding hydrogens is 276 g/mol. The van der Waals surface area contributed by atoms with Crippen LogP contribution in [-0.2, 0) is 21.2 Å². The van der Waals surface area contributed by atoms with Crippen LogP contribution in [0.25, 0.3) is 0 Å². The Kier molecular flexibility index (Phi) is 6.16. The van der Waals surface area contributed by atoms with E-state index in [1.807, 2.05) is 6.92 Å². The van der Waals surface area contributed by atoms with E-state index in [1.165, 1.54) is 6.26 Å². The highest BCUT2D eigenvalue weighted by molar-refractivity contribution is 7.90. The highest BCUT2D eigenvalue weighted by Crippen LogP contribution is 2.10. The lowest BCUT2D eigenvalue weighted by atomic mass is 10.1. The van der Waals surface area contributed by atoms with Crippen molar-refractivity contribution < 1.29 is 13.2 Å². The summed E-state index contributed by atoms with van der Waals surface area (Å²) in [5.41, 5.74) is 6.49. The number of nitrogens with one attached hydrogen (secondary N) is 1. The number of carbonyl (C=O) groups excluding carboxylic acids is 1. The molecule has 0 radical (unpaired) electrons. The van der Waals surface area contributed by atoms with Crippen molar-refractivity contribution in [3.8, 4) is 0 Å². The SMILES string of the molecule is CC(N)CCCC(=O)NCc1ccc(S(C)(=O)=O)cc1. The zero-order chi connectivity index (χ0) is 15.2. The second kappa shape index (κ2) is 7.40. The molecule has 0 aliphatic carbocycles. The van der Waals surface area contributed by atoms with Gasteiger partial charge in [-0.3, -0.25) is 4.79 Å². The molecule has 3 N–H and O–H groups in total. The van der Waals surface area contributed by atoms with Crippen LogP contribution in [0.4, 0.5) is 0 Å². The van der Waals surface area contributed by atoms with Crippen LogP contribution in [0, 0.1) is 0 Å². The van der Waals surface area contributed by atoms with Gasteiger partial charge in [-0.25, -0.2) is 8.42 Å². The fourth-order valence-electron chi connectivity index (χ4n) is 1.73. The van der Waals surface area contributed by atoms with Crippen molar-refractivity contribution in [3.05, 3.63) is 29.8 Å². The summed E-state index contributed by atoms with van der Waals surface area (Å²) >= 11 is 0. The Labute approximate surface area is 120 Å². The zero-order valence-electron chi connectivity index (χ0n) is 11.9. The quantitative estimate of drug-likeness (QED) is 0.792. The van der Waals surface area contributed by atoms with Crippen molar-refractivity contribution >= 4 is 15.7 Å². The highest BCUT2D eigenvalue weighted by Gasteiger charge is 2.07. The monoisotopic (exact) mass is 298 g/mol. The van der Waals surface area contributed by atoms with E-state index in [4.69, 9.17) is 5.73 Å². The number of nitrogens with two attached hydrogens (primary N) is 1. The molecule has 20 heavy (non-hydrogen) atoms. The Morgan fingerprint density at radius 3 is 2.40 bits per heavy atom. The van der Waals surface area contributed by atoms with Crippen LogP contribution in [0.3, 0.4) is 0 Å². The smallest absolute Gasteiger partial charge is 0.220 e. The fraction of sp³-hybridized carbons (Fsp3) is 0.500. The molecule has 0 aliphatic rings. The van der Waals surface area contributed by atoms with Crippen LogP contribution in [-0.4, -0.2) is 26.6 Å². The second-order valence-electron chi connectivity index (χ2n) is 5.06. The Balaban J connectivity index is 2.40. The van der Waals surface area contributed by atoms with Gasteiger partial charge in [-0.05, 0) is 37.5 Å². The van der Waals surface area contributed by atoms with E-state index < -0.39 is 9.84 Å². The normalized spacial score (nSPS) is 12.9. The Bertz CT molecular complexity index is 536. The van der Waals surface area contributed by atoms with E-state index in [-0.39, 0.29) is 16.8 Å². The number of rotatable bonds is 7. The summed E-state index contributed by atoms with van der Waals surface area (Å²) in [6.45, 7) is 2.32. The van der Waals surface area contributed by atoms with E-state index in [2.05, 4.69) is 5.32 Å². The average molecular weight is 298 g/mol. The van der Waals surface area contributed by atoms with E-state index in [0.29, 0.717) is 13.0 Å². The number of hydrogen-bond acceptors (Lipinski definition) is 4. The van der Waals surface area contributed by atoms with E-state index in [0.717, 1.165) is 18.4 Å². The van der Waals surface area contributed by atoms with Gasteiger partial charge in [0.1, 0.15) is 0 Å². The molecule has 1 unspecified atom stereocenters. The Morgan fingerprint density at radius 2 is 1.90 bits per heavy atom. The largest absolute Gasteiger partial charge is 0.352 e. The third kappa shape index (κ3) is 6.16. The molecule has 1 rings (SSSR count). The molecule has 6 heteroatoms. The first-order chi connectivity index (χ1) is 9.29. The van der Waals surface area contributed by atoms with Gasteiger partial charge in [-0.1, -0.05) is 12.1 Å². The molecule has 112 valence electrons.